The van der Waals surface area contributed by atoms with Crippen molar-refractivity contribution >= 4 is 17.7 Å². The van der Waals surface area contributed by atoms with Gasteiger partial charge in [0.15, 0.2) is 6.10 Å². The predicted molar refractivity (Wildman–Crippen MR) is 111 cm³/mol. The lowest BCUT2D eigenvalue weighted by atomic mass is 10.1. The lowest BCUT2D eigenvalue weighted by Crippen LogP contribution is -2.39. The summed E-state index contributed by atoms with van der Waals surface area (Å²) in [5, 5.41) is 2.99. The van der Waals surface area contributed by atoms with Gasteiger partial charge >= 0.3 is 0 Å². The van der Waals surface area contributed by atoms with Crippen molar-refractivity contribution in [1.29, 1.82) is 0 Å². The summed E-state index contributed by atoms with van der Waals surface area (Å²) in [6.45, 7) is 6.88. The number of thioether (sulfide) groups is 1. The van der Waals surface area contributed by atoms with E-state index < -0.39 is 6.10 Å². The van der Waals surface area contributed by atoms with E-state index in [1.807, 2.05) is 43.0 Å². The van der Waals surface area contributed by atoms with Crippen LogP contribution in [-0.2, 0) is 17.0 Å². The number of ether oxygens (including phenoxy) is 1. The van der Waals surface area contributed by atoms with Crippen molar-refractivity contribution < 1.29 is 9.53 Å². The van der Waals surface area contributed by atoms with Gasteiger partial charge in [0.25, 0.3) is 5.91 Å². The topological polar surface area (TPSA) is 38.3 Å². The lowest BCUT2D eigenvalue weighted by molar-refractivity contribution is -0.127. The summed E-state index contributed by atoms with van der Waals surface area (Å²) in [5.74, 6) is 2.57. The van der Waals surface area contributed by atoms with Crippen molar-refractivity contribution in [3.8, 4) is 5.75 Å². The summed E-state index contributed by atoms with van der Waals surface area (Å²) in [5.41, 5.74) is 3.94. The van der Waals surface area contributed by atoms with E-state index in [1.165, 1.54) is 16.7 Å². The van der Waals surface area contributed by atoms with Crippen LogP contribution in [0.1, 0.15) is 37.0 Å². The molecule has 1 atom stereocenters. The highest BCUT2D eigenvalue weighted by atomic mass is 32.2. The Kier molecular flexibility index (Phi) is 8.56. The molecule has 0 spiro atoms. The summed E-state index contributed by atoms with van der Waals surface area (Å²) < 4.78 is 5.85. The van der Waals surface area contributed by atoms with Crippen LogP contribution in [-0.4, -0.2) is 24.3 Å². The Morgan fingerprint density at radius 1 is 1.12 bits per heavy atom. The van der Waals surface area contributed by atoms with Gasteiger partial charge in [-0.25, -0.2) is 0 Å². The minimum Gasteiger partial charge on any atom is -0.481 e. The first-order chi connectivity index (χ1) is 12.6. The van der Waals surface area contributed by atoms with Crippen LogP contribution in [0.5, 0.6) is 5.75 Å². The van der Waals surface area contributed by atoms with Crippen LogP contribution in [0.2, 0.25) is 0 Å². The highest BCUT2D eigenvalue weighted by Crippen LogP contribution is 2.16. The quantitative estimate of drug-likeness (QED) is 0.612. The zero-order chi connectivity index (χ0) is 18.8. The highest BCUT2D eigenvalue weighted by molar-refractivity contribution is 7.98. The van der Waals surface area contributed by atoms with Gasteiger partial charge in [-0.1, -0.05) is 50.2 Å². The van der Waals surface area contributed by atoms with Crippen LogP contribution in [0.15, 0.2) is 48.5 Å². The van der Waals surface area contributed by atoms with E-state index in [2.05, 4.69) is 43.4 Å². The Morgan fingerprint density at radius 3 is 2.50 bits per heavy atom. The average molecular weight is 372 g/mol. The third-order valence-electron chi connectivity index (χ3n) is 4.34. The van der Waals surface area contributed by atoms with Crippen LogP contribution in [0, 0.1) is 6.92 Å². The molecule has 2 aromatic carbocycles. The third-order valence-corrected chi connectivity index (χ3v) is 5.35. The monoisotopic (exact) mass is 371 g/mol. The number of nitrogens with one attached hydrogen (secondary N) is 1. The van der Waals surface area contributed by atoms with Crippen molar-refractivity contribution in [3.05, 3.63) is 65.2 Å². The summed E-state index contributed by atoms with van der Waals surface area (Å²) in [6, 6.07) is 16.4. The van der Waals surface area contributed by atoms with Crippen molar-refractivity contribution in [2.45, 2.75) is 45.5 Å². The Bertz CT molecular complexity index is 685. The maximum absolute atomic E-state index is 12.3. The standard InChI is InChI=1S/C22H29NO2S/c1-4-18-10-12-20(13-11-18)25-21(5-2)22(24)23-14-15-26-16-19-9-7-6-8-17(19)3/h6-13,21H,4-5,14-16H2,1-3H3,(H,23,24)/t21-/m1/s1. The summed E-state index contributed by atoms with van der Waals surface area (Å²) in [6.07, 6.45) is 1.21. The molecule has 1 N–H and O–H groups in total. The predicted octanol–water partition coefficient (Wildman–Crippen LogP) is 4.76. The number of benzene rings is 2. The minimum absolute atomic E-state index is 0.0384. The molecule has 0 aliphatic carbocycles. The second-order valence-electron chi connectivity index (χ2n) is 6.28. The Labute approximate surface area is 161 Å². The van der Waals surface area contributed by atoms with Gasteiger partial charge in [0, 0.05) is 18.1 Å². The number of aryl methyl sites for hydroxylation is 2. The van der Waals surface area contributed by atoms with Crippen molar-refractivity contribution in [1.82, 2.24) is 5.32 Å². The molecule has 4 heteroatoms. The van der Waals surface area contributed by atoms with Gasteiger partial charge in [0.05, 0.1) is 0 Å². The molecule has 2 rings (SSSR count). The molecule has 1 amide bonds. The van der Waals surface area contributed by atoms with Crippen molar-refractivity contribution in [2.75, 3.05) is 12.3 Å². The molecule has 3 nitrogen and oxygen atoms in total. The number of hydrogen-bond donors (Lipinski definition) is 1. The summed E-state index contributed by atoms with van der Waals surface area (Å²) in [7, 11) is 0. The molecule has 0 bridgehead atoms. The van der Waals surface area contributed by atoms with Gasteiger partial charge in [-0.3, -0.25) is 4.79 Å². The van der Waals surface area contributed by atoms with Crippen LogP contribution < -0.4 is 10.1 Å². The highest BCUT2D eigenvalue weighted by Gasteiger charge is 2.17. The van der Waals surface area contributed by atoms with Gasteiger partial charge in [-0.15, -0.1) is 0 Å². The van der Waals surface area contributed by atoms with Crippen LogP contribution in [0.4, 0.5) is 0 Å². The third kappa shape index (κ3) is 6.41. The van der Waals surface area contributed by atoms with E-state index in [4.69, 9.17) is 4.74 Å². The Balaban J connectivity index is 1.71. The molecule has 0 radical (unpaired) electrons. The van der Waals surface area contributed by atoms with E-state index in [0.717, 1.165) is 23.7 Å². The number of amides is 1. The lowest BCUT2D eigenvalue weighted by Gasteiger charge is -2.17. The fourth-order valence-corrected chi connectivity index (χ4v) is 3.54. The molecular weight excluding hydrogens is 342 g/mol. The fraction of sp³-hybridized carbons (Fsp3) is 0.409. The normalized spacial score (nSPS) is 11.8. The molecule has 0 fully saturated rings. The fourth-order valence-electron chi connectivity index (χ4n) is 2.60. The molecule has 0 aliphatic rings. The maximum atomic E-state index is 12.3. The largest absolute Gasteiger partial charge is 0.481 e. The molecule has 0 heterocycles. The van der Waals surface area contributed by atoms with Crippen LogP contribution in [0.25, 0.3) is 0 Å². The van der Waals surface area contributed by atoms with Crippen molar-refractivity contribution in [2.24, 2.45) is 0 Å². The smallest absolute Gasteiger partial charge is 0.261 e. The first-order valence-corrected chi connectivity index (χ1v) is 10.4. The molecule has 26 heavy (non-hydrogen) atoms. The molecule has 140 valence electrons. The first kappa shape index (κ1) is 20.4. The first-order valence-electron chi connectivity index (χ1n) is 9.29. The number of carbonyl (C=O) groups is 1. The minimum atomic E-state index is -0.441. The van der Waals surface area contributed by atoms with Gasteiger partial charge in [0.2, 0.25) is 0 Å². The number of hydrogen-bond acceptors (Lipinski definition) is 3. The van der Waals surface area contributed by atoms with E-state index in [9.17, 15) is 4.79 Å². The zero-order valence-corrected chi connectivity index (χ0v) is 16.8. The van der Waals surface area contributed by atoms with Gasteiger partial charge in [0.1, 0.15) is 5.75 Å². The second kappa shape index (κ2) is 10.9. The zero-order valence-electron chi connectivity index (χ0n) is 16.0. The van der Waals surface area contributed by atoms with E-state index >= 15 is 0 Å². The average Bonchev–Trinajstić information content (AvgIpc) is 2.67. The van der Waals surface area contributed by atoms with Crippen LogP contribution >= 0.6 is 11.8 Å². The molecule has 0 saturated carbocycles. The molecule has 0 unspecified atom stereocenters. The SMILES string of the molecule is CCc1ccc(O[C@H](CC)C(=O)NCCSCc2ccccc2C)cc1. The van der Waals surface area contributed by atoms with E-state index in [-0.39, 0.29) is 5.91 Å². The van der Waals surface area contributed by atoms with E-state index in [1.54, 1.807) is 0 Å². The molecule has 0 aromatic heterocycles. The van der Waals surface area contributed by atoms with Crippen LogP contribution in [0.3, 0.4) is 0 Å². The molecule has 0 aliphatic heterocycles. The Morgan fingerprint density at radius 2 is 1.85 bits per heavy atom. The van der Waals surface area contributed by atoms with Gasteiger partial charge < -0.3 is 10.1 Å². The maximum Gasteiger partial charge on any atom is 0.261 e. The van der Waals surface area contributed by atoms with Gasteiger partial charge in [-0.05, 0) is 48.6 Å². The van der Waals surface area contributed by atoms with Gasteiger partial charge in [-0.2, -0.15) is 11.8 Å². The second-order valence-corrected chi connectivity index (χ2v) is 7.39. The molecule has 0 saturated heterocycles. The summed E-state index contributed by atoms with van der Waals surface area (Å²) in [4.78, 5) is 12.3. The molecular formula is C22H29NO2S. The number of carbonyl (C=O) groups excluding carboxylic acids is 1. The molecule has 2 aromatic rings. The summed E-state index contributed by atoms with van der Waals surface area (Å²) >= 11 is 1.83. The Hall–Kier alpha value is -1.94. The van der Waals surface area contributed by atoms with E-state index in [0.29, 0.717) is 13.0 Å². The van der Waals surface area contributed by atoms with Crippen molar-refractivity contribution in [3.63, 3.8) is 0 Å². The number of rotatable bonds is 10.